The maximum Gasteiger partial charge on any atom is 0.319 e. The molecular formula is C14H11N3O6. The Morgan fingerprint density at radius 1 is 1.09 bits per heavy atom. The Morgan fingerprint density at radius 3 is 2.30 bits per heavy atom. The van der Waals surface area contributed by atoms with Gasteiger partial charge >= 0.3 is 5.69 Å². The number of nitro benzene ring substituents is 2. The molecule has 0 unspecified atom stereocenters. The van der Waals surface area contributed by atoms with Crippen LogP contribution >= 0.6 is 0 Å². The third-order valence-electron chi connectivity index (χ3n) is 2.96. The molecule has 9 heteroatoms. The van der Waals surface area contributed by atoms with Crippen molar-refractivity contribution in [3.8, 4) is 5.75 Å². The number of carbonyl (C=O) groups excluding carboxylic acids is 1. The number of aromatic hydroxyl groups is 1. The van der Waals surface area contributed by atoms with Crippen molar-refractivity contribution < 1.29 is 19.7 Å². The predicted molar refractivity (Wildman–Crippen MR) is 80.2 cm³/mol. The van der Waals surface area contributed by atoms with E-state index in [1.54, 1.807) is 30.3 Å². The molecule has 0 heterocycles. The Kier molecular flexibility index (Phi) is 4.50. The van der Waals surface area contributed by atoms with Crippen molar-refractivity contribution in [2.45, 2.75) is 6.42 Å². The molecule has 2 aromatic rings. The topological polar surface area (TPSA) is 136 Å². The van der Waals surface area contributed by atoms with E-state index < -0.39 is 32.9 Å². The number of phenols is 1. The summed E-state index contributed by atoms with van der Waals surface area (Å²) in [4.78, 5) is 31.8. The number of benzene rings is 2. The van der Waals surface area contributed by atoms with E-state index in [1.165, 1.54) is 0 Å². The van der Waals surface area contributed by atoms with Gasteiger partial charge in [-0.15, -0.1) is 0 Å². The molecule has 9 nitrogen and oxygen atoms in total. The van der Waals surface area contributed by atoms with Crippen LogP contribution in [0.4, 0.5) is 17.1 Å². The molecule has 0 saturated heterocycles. The number of anilines is 1. The molecule has 0 saturated carbocycles. The van der Waals surface area contributed by atoms with Crippen LogP contribution in [-0.4, -0.2) is 20.9 Å². The van der Waals surface area contributed by atoms with Crippen LogP contribution in [-0.2, 0) is 11.2 Å². The highest BCUT2D eigenvalue weighted by molar-refractivity contribution is 5.95. The van der Waals surface area contributed by atoms with Gasteiger partial charge in [0.25, 0.3) is 5.69 Å². The summed E-state index contributed by atoms with van der Waals surface area (Å²) < 4.78 is 0. The third-order valence-corrected chi connectivity index (χ3v) is 2.96. The van der Waals surface area contributed by atoms with Crippen molar-refractivity contribution >= 4 is 23.0 Å². The number of rotatable bonds is 5. The number of carbonyl (C=O) groups is 1. The lowest BCUT2D eigenvalue weighted by molar-refractivity contribution is -0.394. The van der Waals surface area contributed by atoms with Gasteiger partial charge in [0.2, 0.25) is 11.7 Å². The number of hydrogen-bond donors (Lipinski definition) is 2. The van der Waals surface area contributed by atoms with E-state index in [9.17, 15) is 30.1 Å². The molecule has 23 heavy (non-hydrogen) atoms. The Balaban J connectivity index is 2.29. The molecule has 0 aliphatic carbocycles. The minimum atomic E-state index is -0.963. The quantitative estimate of drug-likeness (QED) is 0.493. The van der Waals surface area contributed by atoms with Crippen LogP contribution in [0, 0.1) is 20.2 Å². The van der Waals surface area contributed by atoms with Gasteiger partial charge in [-0.25, -0.2) is 0 Å². The average molecular weight is 317 g/mol. The molecule has 0 aliphatic heterocycles. The van der Waals surface area contributed by atoms with Crippen LogP contribution in [0.15, 0.2) is 42.5 Å². The van der Waals surface area contributed by atoms with Crippen molar-refractivity contribution in [3.05, 3.63) is 68.3 Å². The number of hydrogen-bond acceptors (Lipinski definition) is 6. The number of nitrogens with zero attached hydrogens (tertiary/aromatic N) is 2. The first-order valence-electron chi connectivity index (χ1n) is 6.38. The Hall–Kier alpha value is -3.49. The van der Waals surface area contributed by atoms with Crippen LogP contribution in [0.25, 0.3) is 0 Å². The Bertz CT molecular complexity index is 776. The van der Waals surface area contributed by atoms with E-state index in [0.717, 1.165) is 6.07 Å². The van der Waals surface area contributed by atoms with Gasteiger partial charge < -0.3 is 10.4 Å². The number of non-ortho nitro benzene ring substituents is 1. The molecule has 0 radical (unpaired) electrons. The molecule has 118 valence electrons. The Morgan fingerprint density at radius 2 is 1.74 bits per heavy atom. The highest BCUT2D eigenvalue weighted by atomic mass is 16.6. The summed E-state index contributed by atoms with van der Waals surface area (Å²) in [5.41, 5.74) is -1.16. The molecule has 1 amide bonds. The minimum absolute atomic E-state index is 0.0449. The van der Waals surface area contributed by atoms with Crippen molar-refractivity contribution in [2.75, 3.05) is 5.32 Å². The molecule has 0 atom stereocenters. The lowest BCUT2D eigenvalue weighted by Gasteiger charge is -2.08. The summed E-state index contributed by atoms with van der Waals surface area (Å²) in [6.45, 7) is 0. The summed E-state index contributed by atoms with van der Waals surface area (Å²) >= 11 is 0. The van der Waals surface area contributed by atoms with Gasteiger partial charge in [-0.2, -0.15) is 0 Å². The molecule has 0 spiro atoms. The van der Waals surface area contributed by atoms with E-state index in [-0.39, 0.29) is 12.1 Å². The smallest absolute Gasteiger partial charge is 0.319 e. The van der Waals surface area contributed by atoms with E-state index >= 15 is 0 Å². The van der Waals surface area contributed by atoms with Gasteiger partial charge in [0.15, 0.2) is 0 Å². The fourth-order valence-corrected chi connectivity index (χ4v) is 1.92. The Labute approximate surface area is 129 Å². The van der Waals surface area contributed by atoms with Crippen molar-refractivity contribution in [1.29, 1.82) is 0 Å². The molecule has 0 fully saturated rings. The fourth-order valence-electron chi connectivity index (χ4n) is 1.92. The first-order valence-corrected chi connectivity index (χ1v) is 6.38. The van der Waals surface area contributed by atoms with E-state index in [1.807, 2.05) is 0 Å². The number of nitro groups is 2. The zero-order valence-electron chi connectivity index (χ0n) is 11.6. The minimum Gasteiger partial charge on any atom is -0.501 e. The third kappa shape index (κ3) is 3.79. The normalized spacial score (nSPS) is 10.1. The van der Waals surface area contributed by atoms with Crippen LogP contribution < -0.4 is 5.32 Å². The van der Waals surface area contributed by atoms with Gasteiger partial charge in [-0.3, -0.25) is 25.0 Å². The highest BCUT2D eigenvalue weighted by Gasteiger charge is 2.24. The van der Waals surface area contributed by atoms with Gasteiger partial charge in [0.1, 0.15) is 0 Å². The summed E-state index contributed by atoms with van der Waals surface area (Å²) in [7, 11) is 0. The molecule has 2 rings (SSSR count). The summed E-state index contributed by atoms with van der Waals surface area (Å²) in [5, 5.41) is 33.7. The SMILES string of the molecule is O=C(Cc1ccccc1)Nc1cc([N+](=O)[O-])cc([N+](=O)[O-])c1O. The first kappa shape index (κ1) is 15.9. The zero-order valence-corrected chi connectivity index (χ0v) is 11.6. The fraction of sp³-hybridized carbons (Fsp3) is 0.0714. The molecule has 2 aromatic carbocycles. The number of phenolic OH excluding ortho intramolecular Hbond substituents is 1. The molecule has 0 aliphatic rings. The lowest BCUT2D eigenvalue weighted by atomic mass is 10.1. The van der Waals surface area contributed by atoms with Crippen LogP contribution in [0.2, 0.25) is 0 Å². The first-order chi connectivity index (χ1) is 10.9. The molecule has 0 aromatic heterocycles. The largest absolute Gasteiger partial charge is 0.501 e. The average Bonchev–Trinajstić information content (AvgIpc) is 2.49. The van der Waals surface area contributed by atoms with Crippen molar-refractivity contribution in [3.63, 3.8) is 0 Å². The van der Waals surface area contributed by atoms with Gasteiger partial charge in [0, 0.05) is 6.07 Å². The van der Waals surface area contributed by atoms with Crippen molar-refractivity contribution in [2.24, 2.45) is 0 Å². The maximum atomic E-state index is 11.9. The number of amides is 1. The monoisotopic (exact) mass is 317 g/mol. The second kappa shape index (κ2) is 6.52. The predicted octanol–water partition coefficient (Wildman–Crippen LogP) is 2.39. The molecule has 0 bridgehead atoms. The van der Waals surface area contributed by atoms with Crippen LogP contribution in [0.1, 0.15) is 5.56 Å². The molecular weight excluding hydrogens is 306 g/mol. The highest BCUT2D eigenvalue weighted by Crippen LogP contribution is 2.37. The maximum absolute atomic E-state index is 11.9. The van der Waals surface area contributed by atoms with Crippen LogP contribution in [0.5, 0.6) is 5.75 Å². The van der Waals surface area contributed by atoms with E-state index in [2.05, 4.69) is 5.32 Å². The second-order valence-corrected chi connectivity index (χ2v) is 4.59. The van der Waals surface area contributed by atoms with Crippen molar-refractivity contribution in [1.82, 2.24) is 0 Å². The summed E-state index contributed by atoms with van der Waals surface area (Å²) in [5.74, 6) is -1.40. The van der Waals surface area contributed by atoms with Crippen LogP contribution in [0.3, 0.4) is 0 Å². The van der Waals surface area contributed by atoms with Gasteiger partial charge in [0.05, 0.1) is 28.0 Å². The molecule has 2 N–H and O–H groups in total. The standard InChI is InChI=1S/C14H11N3O6/c18-13(6-9-4-2-1-3-5-9)15-11-7-10(16(20)21)8-12(14(11)19)17(22)23/h1-5,7-8,19H,6H2,(H,15,18). The van der Waals surface area contributed by atoms with E-state index in [0.29, 0.717) is 11.6 Å². The second-order valence-electron chi connectivity index (χ2n) is 4.59. The van der Waals surface area contributed by atoms with E-state index in [4.69, 9.17) is 0 Å². The summed E-state index contributed by atoms with van der Waals surface area (Å²) in [6, 6.07) is 10.1. The lowest BCUT2D eigenvalue weighted by Crippen LogP contribution is -2.15. The number of nitrogens with one attached hydrogen (secondary N) is 1. The zero-order chi connectivity index (χ0) is 17.0. The van der Waals surface area contributed by atoms with Gasteiger partial charge in [-0.05, 0) is 5.56 Å². The van der Waals surface area contributed by atoms with Gasteiger partial charge in [-0.1, -0.05) is 30.3 Å². The summed E-state index contributed by atoms with van der Waals surface area (Å²) in [6.07, 6.45) is -0.0449.